The number of carboxylic acids is 1. The average molecular weight is 541 g/mol. The number of anilines is 1. The molecule has 1 atom stereocenters. The van der Waals surface area contributed by atoms with Crippen molar-refractivity contribution >= 4 is 72.7 Å². The summed E-state index contributed by atoms with van der Waals surface area (Å²) in [6.07, 6.45) is -0.839. The van der Waals surface area contributed by atoms with Crippen LogP contribution in [-0.2, 0) is 16.0 Å². The van der Waals surface area contributed by atoms with Crippen molar-refractivity contribution < 1.29 is 19.4 Å². The van der Waals surface area contributed by atoms with E-state index in [9.17, 15) is 9.59 Å². The van der Waals surface area contributed by atoms with Crippen molar-refractivity contribution in [2.45, 2.75) is 26.4 Å². The summed E-state index contributed by atoms with van der Waals surface area (Å²) in [6.45, 7) is 3.72. The number of nitrogens with zero attached hydrogens (tertiary/aromatic N) is 1. The van der Waals surface area contributed by atoms with Crippen LogP contribution in [-0.4, -0.2) is 21.5 Å². The molecule has 6 nitrogen and oxygen atoms in total. The zero-order chi connectivity index (χ0) is 24.5. The van der Waals surface area contributed by atoms with Gasteiger partial charge in [0.15, 0.2) is 0 Å². The molecular formula is C25H20N2O4S4. The molecule has 0 aliphatic heterocycles. The molecule has 0 radical (unpaired) electrons. The molecular weight excluding hydrogens is 521 g/mol. The number of carbonyl (C=O) groups excluding carboxylic acids is 1. The van der Waals surface area contributed by atoms with Gasteiger partial charge >= 0.3 is 12.1 Å². The van der Waals surface area contributed by atoms with Gasteiger partial charge in [0.05, 0.1) is 27.6 Å². The number of ether oxygens (including phenoxy) is 1. The molecule has 5 rings (SSSR count). The molecule has 2 N–H and O–H groups in total. The van der Waals surface area contributed by atoms with Gasteiger partial charge in [0.2, 0.25) is 0 Å². The summed E-state index contributed by atoms with van der Waals surface area (Å²) in [5, 5.41) is 11.9. The third-order valence-corrected chi connectivity index (χ3v) is 10.00. The van der Waals surface area contributed by atoms with E-state index in [4.69, 9.17) is 9.84 Å². The number of carbonyl (C=O) groups is 2. The minimum atomic E-state index is -0.821. The van der Waals surface area contributed by atoms with Crippen molar-refractivity contribution in [3.8, 4) is 19.5 Å². The lowest BCUT2D eigenvalue weighted by atomic mass is 10.1. The van der Waals surface area contributed by atoms with Crippen LogP contribution in [0.3, 0.4) is 0 Å². The van der Waals surface area contributed by atoms with Gasteiger partial charge in [-0.05, 0) is 55.2 Å². The Morgan fingerprint density at radius 1 is 1.00 bits per heavy atom. The summed E-state index contributed by atoms with van der Waals surface area (Å²) < 4.78 is 12.3. The smallest absolute Gasteiger partial charge is 0.412 e. The number of amides is 1. The van der Waals surface area contributed by atoms with E-state index >= 15 is 0 Å². The monoisotopic (exact) mass is 540 g/mol. The molecule has 0 saturated carbocycles. The van der Waals surface area contributed by atoms with Crippen LogP contribution in [0, 0.1) is 6.92 Å². The summed E-state index contributed by atoms with van der Waals surface area (Å²) in [5.74, 6) is -0.821. The van der Waals surface area contributed by atoms with Crippen molar-refractivity contribution in [3.05, 3.63) is 70.7 Å². The highest BCUT2D eigenvalue weighted by atomic mass is 32.1. The topological polar surface area (TPSA) is 88.5 Å². The summed E-state index contributed by atoms with van der Waals surface area (Å²) in [7, 11) is 0. The molecule has 0 aliphatic carbocycles. The zero-order valence-corrected chi connectivity index (χ0v) is 22.0. The zero-order valence-electron chi connectivity index (χ0n) is 18.7. The third kappa shape index (κ3) is 5.15. The molecule has 0 unspecified atom stereocenters. The number of aliphatic carboxylic acids is 1. The van der Waals surface area contributed by atoms with Crippen LogP contribution in [0.5, 0.6) is 0 Å². The Bertz CT molecular complexity index is 1480. The Balaban J connectivity index is 1.34. The van der Waals surface area contributed by atoms with E-state index in [0.717, 1.165) is 45.0 Å². The predicted octanol–water partition coefficient (Wildman–Crippen LogP) is 8.06. The number of aryl methyl sites for hydroxylation is 1. The molecule has 5 aromatic rings. The van der Waals surface area contributed by atoms with Gasteiger partial charge in [-0.2, -0.15) is 4.37 Å². The van der Waals surface area contributed by atoms with E-state index in [-0.39, 0.29) is 12.5 Å². The molecule has 0 saturated heterocycles. The van der Waals surface area contributed by atoms with E-state index in [1.54, 1.807) is 22.7 Å². The van der Waals surface area contributed by atoms with Crippen molar-refractivity contribution in [2.75, 3.05) is 5.32 Å². The summed E-state index contributed by atoms with van der Waals surface area (Å²) >= 11 is 6.19. The van der Waals surface area contributed by atoms with Crippen molar-refractivity contribution in [3.63, 3.8) is 0 Å². The third-order valence-electron chi connectivity index (χ3n) is 5.30. The van der Waals surface area contributed by atoms with Gasteiger partial charge in [-0.25, -0.2) is 4.79 Å². The summed E-state index contributed by atoms with van der Waals surface area (Å²) in [4.78, 5) is 28.6. The molecule has 0 fully saturated rings. The minimum absolute atomic E-state index is 0.0433. The number of carboxylic acid groups (broad SMARTS) is 1. The van der Waals surface area contributed by atoms with Gasteiger partial charge in [0, 0.05) is 24.0 Å². The van der Waals surface area contributed by atoms with Crippen LogP contribution in [0.15, 0.2) is 54.6 Å². The van der Waals surface area contributed by atoms with Crippen molar-refractivity contribution in [1.82, 2.24) is 4.37 Å². The van der Waals surface area contributed by atoms with E-state index < -0.39 is 12.1 Å². The van der Waals surface area contributed by atoms with Gasteiger partial charge < -0.3 is 9.84 Å². The largest absolute Gasteiger partial charge is 0.481 e. The molecule has 0 aliphatic rings. The molecule has 178 valence electrons. The highest BCUT2D eigenvalue weighted by molar-refractivity contribution is 7.33. The quantitative estimate of drug-likeness (QED) is 0.218. The molecule has 1 aromatic carbocycles. The molecule has 0 spiro atoms. The second-order valence-electron chi connectivity index (χ2n) is 7.84. The van der Waals surface area contributed by atoms with Crippen molar-refractivity contribution in [1.29, 1.82) is 0 Å². The molecule has 10 heteroatoms. The fourth-order valence-electron chi connectivity index (χ4n) is 3.59. The summed E-state index contributed by atoms with van der Waals surface area (Å²) in [6, 6.07) is 17.7. The maximum Gasteiger partial charge on any atom is 0.412 e. The number of thiophene rings is 3. The van der Waals surface area contributed by atoms with Crippen LogP contribution >= 0.6 is 45.5 Å². The van der Waals surface area contributed by atoms with E-state index in [0.29, 0.717) is 5.69 Å². The van der Waals surface area contributed by atoms with Crippen LogP contribution in [0.25, 0.3) is 28.9 Å². The normalized spacial score (nSPS) is 12.1. The highest BCUT2D eigenvalue weighted by Gasteiger charge is 2.20. The molecule has 0 bridgehead atoms. The number of hydrogen-bond acceptors (Lipinski definition) is 8. The van der Waals surface area contributed by atoms with Gasteiger partial charge in [-0.3, -0.25) is 10.1 Å². The molecule has 35 heavy (non-hydrogen) atoms. The second-order valence-corrected chi connectivity index (χ2v) is 12.0. The Morgan fingerprint density at radius 2 is 1.71 bits per heavy atom. The van der Waals surface area contributed by atoms with E-state index in [2.05, 4.69) is 21.8 Å². The molecule has 4 aromatic heterocycles. The van der Waals surface area contributed by atoms with Gasteiger partial charge in [0.25, 0.3) is 0 Å². The Labute approximate surface area is 217 Å². The van der Waals surface area contributed by atoms with Crippen LogP contribution < -0.4 is 5.32 Å². The first-order valence-corrected chi connectivity index (χ1v) is 13.9. The Kier molecular flexibility index (Phi) is 6.70. The van der Waals surface area contributed by atoms with Crippen LogP contribution in [0.2, 0.25) is 0 Å². The van der Waals surface area contributed by atoms with Crippen LogP contribution in [0.1, 0.15) is 29.2 Å². The summed E-state index contributed by atoms with van der Waals surface area (Å²) in [5.41, 5.74) is 2.35. The number of hydrogen-bond donors (Lipinski definition) is 2. The lowest BCUT2D eigenvalue weighted by Crippen LogP contribution is -2.16. The SMILES string of the molecule is Cc1nsc(-c2cc3sc(-c4ccc(CC(=O)O)s4)cc3s2)c1NC(=O)O[C@H](C)c1ccccc1. The van der Waals surface area contributed by atoms with Crippen molar-refractivity contribution in [2.24, 2.45) is 0 Å². The molecule has 1 amide bonds. The fourth-order valence-corrected chi connectivity index (χ4v) is 8.01. The number of benzene rings is 1. The second kappa shape index (κ2) is 9.90. The highest BCUT2D eigenvalue weighted by Crippen LogP contribution is 2.46. The van der Waals surface area contributed by atoms with E-state index in [1.165, 1.54) is 22.9 Å². The number of aromatic nitrogens is 1. The maximum atomic E-state index is 12.6. The lowest BCUT2D eigenvalue weighted by molar-refractivity contribution is -0.136. The Morgan fingerprint density at radius 3 is 2.46 bits per heavy atom. The Hall–Kier alpha value is -3.05. The number of fused-ring (bicyclic) bond motifs is 1. The predicted molar refractivity (Wildman–Crippen MR) is 145 cm³/mol. The van der Waals surface area contributed by atoms with E-state index in [1.807, 2.05) is 56.3 Å². The average Bonchev–Trinajstić information content (AvgIpc) is 3.58. The number of rotatable bonds is 7. The first-order valence-electron chi connectivity index (χ1n) is 10.7. The van der Waals surface area contributed by atoms with Gasteiger partial charge in [0.1, 0.15) is 6.10 Å². The first kappa shape index (κ1) is 23.7. The molecule has 4 heterocycles. The standard InChI is InChI=1S/C25H20N2O4S4/c1-13-23(26-25(30)31-14(2)15-6-4-3-5-7-15)24(35-27-13)21-12-20-19(34-21)11-18(33-20)17-9-8-16(32-17)10-22(28)29/h3-9,11-12,14H,10H2,1-2H3,(H,26,30)(H,28,29)/t14-/m1/s1. The fraction of sp³-hybridized carbons (Fsp3) is 0.160. The van der Waals surface area contributed by atoms with Gasteiger partial charge in [-0.15, -0.1) is 34.0 Å². The maximum absolute atomic E-state index is 12.6. The first-order chi connectivity index (χ1) is 16.9. The lowest BCUT2D eigenvalue weighted by Gasteiger charge is -2.14. The number of nitrogens with one attached hydrogen (secondary N) is 1. The van der Waals surface area contributed by atoms with Gasteiger partial charge in [-0.1, -0.05) is 30.3 Å². The van der Waals surface area contributed by atoms with Crippen LogP contribution in [0.4, 0.5) is 10.5 Å². The minimum Gasteiger partial charge on any atom is -0.481 e.